The molecule has 116 valence electrons. The molecule has 7 heteroatoms. The molecule has 0 spiro atoms. The van der Waals surface area contributed by atoms with Crippen LogP contribution in [-0.2, 0) is 4.79 Å². The minimum Gasteiger partial charge on any atom is -0.487 e. The third kappa shape index (κ3) is 5.29. The van der Waals surface area contributed by atoms with Crippen molar-refractivity contribution in [3.63, 3.8) is 0 Å². The first kappa shape index (κ1) is 16.7. The SMILES string of the molecule is CCOc1cccc(NCCC(=O)NC(C)C)c1[N+](=O)[O-]. The van der Waals surface area contributed by atoms with E-state index in [2.05, 4.69) is 10.6 Å². The highest BCUT2D eigenvalue weighted by Gasteiger charge is 2.20. The average molecular weight is 295 g/mol. The molecule has 0 saturated heterocycles. The average Bonchev–Trinajstić information content (AvgIpc) is 2.38. The number of para-hydroxylation sites is 1. The molecule has 0 aliphatic rings. The van der Waals surface area contributed by atoms with Crippen LogP contribution in [0.5, 0.6) is 5.75 Å². The van der Waals surface area contributed by atoms with Gasteiger partial charge in [0.2, 0.25) is 5.91 Å². The molecular weight excluding hydrogens is 274 g/mol. The maximum absolute atomic E-state index is 11.5. The van der Waals surface area contributed by atoms with Gasteiger partial charge in [0.05, 0.1) is 11.5 Å². The molecule has 0 fully saturated rings. The quantitative estimate of drug-likeness (QED) is 0.567. The fourth-order valence-corrected chi connectivity index (χ4v) is 1.83. The second-order valence-corrected chi connectivity index (χ2v) is 4.74. The summed E-state index contributed by atoms with van der Waals surface area (Å²) in [4.78, 5) is 22.2. The molecule has 0 unspecified atom stereocenters. The lowest BCUT2D eigenvalue weighted by atomic mass is 10.2. The second-order valence-electron chi connectivity index (χ2n) is 4.74. The van der Waals surface area contributed by atoms with Crippen LogP contribution in [0.15, 0.2) is 18.2 Å². The van der Waals surface area contributed by atoms with Gasteiger partial charge in [-0.15, -0.1) is 0 Å². The van der Waals surface area contributed by atoms with Gasteiger partial charge < -0.3 is 15.4 Å². The summed E-state index contributed by atoms with van der Waals surface area (Å²) in [6, 6.07) is 4.90. The van der Waals surface area contributed by atoms with Gasteiger partial charge in [0.15, 0.2) is 5.75 Å². The number of ether oxygens (including phenoxy) is 1. The van der Waals surface area contributed by atoms with E-state index in [1.54, 1.807) is 25.1 Å². The van der Waals surface area contributed by atoms with Gasteiger partial charge in [0, 0.05) is 19.0 Å². The lowest BCUT2D eigenvalue weighted by Gasteiger charge is -2.11. The van der Waals surface area contributed by atoms with Crippen molar-refractivity contribution < 1.29 is 14.5 Å². The number of rotatable bonds is 8. The molecule has 0 aromatic heterocycles. The van der Waals surface area contributed by atoms with Crippen LogP contribution in [0.3, 0.4) is 0 Å². The molecule has 0 aliphatic heterocycles. The second kappa shape index (κ2) is 8.08. The normalized spacial score (nSPS) is 10.3. The van der Waals surface area contributed by atoms with E-state index in [-0.39, 0.29) is 29.8 Å². The number of nitrogens with zero attached hydrogens (tertiary/aromatic N) is 1. The zero-order valence-electron chi connectivity index (χ0n) is 12.5. The Morgan fingerprint density at radius 3 is 2.71 bits per heavy atom. The van der Waals surface area contributed by atoms with E-state index in [0.717, 1.165) is 0 Å². The Morgan fingerprint density at radius 2 is 2.14 bits per heavy atom. The fraction of sp³-hybridized carbons (Fsp3) is 0.500. The van der Waals surface area contributed by atoms with Crippen molar-refractivity contribution in [2.75, 3.05) is 18.5 Å². The first-order valence-electron chi connectivity index (χ1n) is 6.89. The van der Waals surface area contributed by atoms with E-state index in [0.29, 0.717) is 18.8 Å². The zero-order valence-corrected chi connectivity index (χ0v) is 12.5. The summed E-state index contributed by atoms with van der Waals surface area (Å²) in [7, 11) is 0. The van der Waals surface area contributed by atoms with Crippen molar-refractivity contribution in [2.24, 2.45) is 0 Å². The Labute approximate surface area is 123 Å². The van der Waals surface area contributed by atoms with Crippen LogP contribution < -0.4 is 15.4 Å². The first-order valence-corrected chi connectivity index (χ1v) is 6.89. The number of carbonyl (C=O) groups is 1. The topological polar surface area (TPSA) is 93.5 Å². The summed E-state index contributed by atoms with van der Waals surface area (Å²) in [5.41, 5.74) is 0.243. The standard InChI is InChI=1S/C14H21N3O4/c1-4-21-12-7-5-6-11(14(12)17(19)20)15-9-8-13(18)16-10(2)3/h5-7,10,15H,4,8-9H2,1-3H3,(H,16,18). The fourth-order valence-electron chi connectivity index (χ4n) is 1.83. The summed E-state index contributed by atoms with van der Waals surface area (Å²) in [6.45, 7) is 6.18. The number of nitrogens with one attached hydrogen (secondary N) is 2. The number of hydrogen-bond donors (Lipinski definition) is 2. The van der Waals surface area contributed by atoms with Crippen LogP contribution in [0.4, 0.5) is 11.4 Å². The Hall–Kier alpha value is -2.31. The van der Waals surface area contributed by atoms with Crippen molar-refractivity contribution in [2.45, 2.75) is 33.2 Å². The number of anilines is 1. The molecule has 0 saturated carbocycles. The van der Waals surface area contributed by atoms with Crippen LogP contribution in [0, 0.1) is 10.1 Å². The predicted octanol–water partition coefficient (Wildman–Crippen LogP) is 2.32. The Balaban J connectivity index is 2.72. The minimum atomic E-state index is -0.485. The van der Waals surface area contributed by atoms with Gasteiger partial charge in [-0.25, -0.2) is 0 Å². The molecule has 1 aromatic rings. The van der Waals surface area contributed by atoms with Crippen LogP contribution in [0.25, 0.3) is 0 Å². The molecule has 1 amide bonds. The number of hydrogen-bond acceptors (Lipinski definition) is 5. The van der Waals surface area contributed by atoms with Gasteiger partial charge in [-0.05, 0) is 32.9 Å². The smallest absolute Gasteiger partial charge is 0.333 e. The lowest BCUT2D eigenvalue weighted by molar-refractivity contribution is -0.384. The summed E-state index contributed by atoms with van der Waals surface area (Å²) in [5.74, 6) is 0.125. The highest BCUT2D eigenvalue weighted by atomic mass is 16.6. The minimum absolute atomic E-state index is 0.0770. The molecule has 0 atom stereocenters. The molecule has 21 heavy (non-hydrogen) atoms. The Morgan fingerprint density at radius 1 is 1.43 bits per heavy atom. The largest absolute Gasteiger partial charge is 0.487 e. The predicted molar refractivity (Wildman–Crippen MR) is 80.7 cm³/mol. The van der Waals surface area contributed by atoms with Gasteiger partial charge in [-0.2, -0.15) is 0 Å². The molecule has 1 rings (SSSR count). The third-order valence-electron chi connectivity index (χ3n) is 2.60. The highest BCUT2D eigenvalue weighted by molar-refractivity contribution is 5.77. The third-order valence-corrected chi connectivity index (χ3v) is 2.60. The van der Waals surface area contributed by atoms with E-state index in [1.165, 1.54) is 0 Å². The molecule has 1 aromatic carbocycles. The van der Waals surface area contributed by atoms with Crippen molar-refractivity contribution >= 4 is 17.3 Å². The molecule has 0 aliphatic carbocycles. The molecule has 0 bridgehead atoms. The number of nitro groups is 1. The van der Waals surface area contributed by atoms with Gasteiger partial charge in [0.25, 0.3) is 0 Å². The molecular formula is C14H21N3O4. The van der Waals surface area contributed by atoms with Crippen LogP contribution in [0.1, 0.15) is 27.2 Å². The summed E-state index contributed by atoms with van der Waals surface area (Å²) in [6.07, 6.45) is 0.244. The highest BCUT2D eigenvalue weighted by Crippen LogP contribution is 2.34. The summed E-state index contributed by atoms with van der Waals surface area (Å²) >= 11 is 0. The number of benzene rings is 1. The van der Waals surface area contributed by atoms with Crippen molar-refractivity contribution in [3.05, 3.63) is 28.3 Å². The van der Waals surface area contributed by atoms with E-state index in [4.69, 9.17) is 4.74 Å². The van der Waals surface area contributed by atoms with Crippen LogP contribution in [-0.4, -0.2) is 30.0 Å². The first-order chi connectivity index (χ1) is 9.95. The van der Waals surface area contributed by atoms with Gasteiger partial charge in [-0.1, -0.05) is 6.07 Å². The van der Waals surface area contributed by atoms with Gasteiger partial charge >= 0.3 is 5.69 Å². The van der Waals surface area contributed by atoms with Crippen LogP contribution >= 0.6 is 0 Å². The molecule has 0 radical (unpaired) electrons. The molecule has 0 heterocycles. The molecule has 2 N–H and O–H groups in total. The maximum atomic E-state index is 11.5. The Kier molecular flexibility index (Phi) is 6.45. The van der Waals surface area contributed by atoms with Gasteiger partial charge in [-0.3, -0.25) is 14.9 Å². The summed E-state index contributed by atoms with van der Waals surface area (Å²) in [5, 5.41) is 16.8. The van der Waals surface area contributed by atoms with E-state index >= 15 is 0 Å². The zero-order chi connectivity index (χ0) is 15.8. The Bertz CT molecular complexity index is 503. The van der Waals surface area contributed by atoms with E-state index in [1.807, 2.05) is 13.8 Å². The molecule has 7 nitrogen and oxygen atoms in total. The number of nitro benzene ring substituents is 1. The van der Waals surface area contributed by atoms with Crippen molar-refractivity contribution in [1.29, 1.82) is 0 Å². The van der Waals surface area contributed by atoms with Crippen LogP contribution in [0.2, 0.25) is 0 Å². The van der Waals surface area contributed by atoms with E-state index in [9.17, 15) is 14.9 Å². The van der Waals surface area contributed by atoms with E-state index < -0.39 is 4.92 Å². The van der Waals surface area contributed by atoms with Crippen molar-refractivity contribution in [1.82, 2.24) is 5.32 Å². The van der Waals surface area contributed by atoms with Gasteiger partial charge in [0.1, 0.15) is 5.69 Å². The summed E-state index contributed by atoms with van der Waals surface area (Å²) < 4.78 is 5.26. The maximum Gasteiger partial charge on any atom is 0.333 e. The number of carbonyl (C=O) groups excluding carboxylic acids is 1. The monoisotopic (exact) mass is 295 g/mol. The van der Waals surface area contributed by atoms with Crippen molar-refractivity contribution in [3.8, 4) is 5.75 Å². The number of amides is 1. The lowest BCUT2D eigenvalue weighted by Crippen LogP contribution is -2.31.